The van der Waals surface area contributed by atoms with Gasteiger partial charge in [-0.2, -0.15) is 0 Å². The lowest BCUT2D eigenvalue weighted by molar-refractivity contribution is 0.141. The maximum absolute atomic E-state index is 12.8. The second kappa shape index (κ2) is 8.81. The van der Waals surface area contributed by atoms with Crippen LogP contribution < -0.4 is 10.6 Å². The van der Waals surface area contributed by atoms with Crippen LogP contribution in [-0.4, -0.2) is 75.3 Å². The number of carbonyl (C=O) groups is 1. The molecule has 2 aromatic heterocycles. The number of piperidine rings is 1. The van der Waals surface area contributed by atoms with Gasteiger partial charge in [-0.3, -0.25) is 0 Å². The highest BCUT2D eigenvalue weighted by Crippen LogP contribution is 2.27. The van der Waals surface area contributed by atoms with Crippen LogP contribution in [0.5, 0.6) is 0 Å². The number of piperazine rings is 1. The molecule has 0 unspecified atom stereocenters. The number of nitrogens with zero attached hydrogens (tertiary/aromatic N) is 7. The highest BCUT2D eigenvalue weighted by Gasteiger charge is 2.27. The van der Waals surface area contributed by atoms with E-state index in [2.05, 4.69) is 25.1 Å². The second-order valence-corrected chi connectivity index (χ2v) is 8.04. The standard InChI is InChI=1S/C22H26N8O2/c23-19-18(21-27-26-20(32-21)16-7-3-1-4-8-16)25-17(15-24-19)28-11-13-30(14-12-28)22(31)29-9-5-2-6-10-29/h1,3-4,7-8,15H,2,5-6,9-14H2,(H2,23,24). The fourth-order valence-electron chi connectivity index (χ4n) is 4.13. The number of anilines is 2. The van der Waals surface area contributed by atoms with E-state index in [1.165, 1.54) is 6.42 Å². The van der Waals surface area contributed by atoms with Gasteiger partial charge in [-0.1, -0.05) is 18.2 Å². The Balaban J connectivity index is 1.29. The zero-order valence-electron chi connectivity index (χ0n) is 17.9. The summed E-state index contributed by atoms with van der Waals surface area (Å²) in [6.07, 6.45) is 5.05. The van der Waals surface area contributed by atoms with Gasteiger partial charge in [0.25, 0.3) is 5.89 Å². The molecule has 10 heteroatoms. The van der Waals surface area contributed by atoms with Gasteiger partial charge in [0.15, 0.2) is 11.5 Å². The first kappa shape index (κ1) is 20.2. The van der Waals surface area contributed by atoms with E-state index in [-0.39, 0.29) is 17.7 Å². The van der Waals surface area contributed by atoms with Crippen molar-refractivity contribution in [2.75, 3.05) is 49.9 Å². The van der Waals surface area contributed by atoms with Crippen molar-refractivity contribution in [2.24, 2.45) is 0 Å². The molecule has 0 radical (unpaired) electrons. The molecule has 2 saturated heterocycles. The minimum absolute atomic E-state index is 0.146. The molecule has 0 saturated carbocycles. The Hall–Kier alpha value is -3.69. The van der Waals surface area contributed by atoms with Crippen molar-refractivity contribution < 1.29 is 9.21 Å². The Bertz CT molecular complexity index is 1070. The molecule has 2 N–H and O–H groups in total. The van der Waals surface area contributed by atoms with Crippen LogP contribution in [0.4, 0.5) is 16.4 Å². The number of urea groups is 1. The lowest BCUT2D eigenvalue weighted by Gasteiger charge is -2.38. The number of carbonyl (C=O) groups excluding carboxylic acids is 1. The Kier molecular flexibility index (Phi) is 5.57. The van der Waals surface area contributed by atoms with Gasteiger partial charge in [-0.25, -0.2) is 14.8 Å². The molecule has 0 bridgehead atoms. The molecule has 0 aliphatic carbocycles. The van der Waals surface area contributed by atoms with Gasteiger partial charge in [0.2, 0.25) is 5.89 Å². The van der Waals surface area contributed by atoms with Crippen LogP contribution in [0, 0.1) is 0 Å². The van der Waals surface area contributed by atoms with E-state index in [0.29, 0.717) is 43.6 Å². The van der Waals surface area contributed by atoms with Gasteiger partial charge in [-0.15, -0.1) is 10.2 Å². The van der Waals surface area contributed by atoms with E-state index in [0.717, 1.165) is 31.5 Å². The fraction of sp³-hybridized carbons (Fsp3) is 0.409. The monoisotopic (exact) mass is 434 g/mol. The summed E-state index contributed by atoms with van der Waals surface area (Å²) in [5.74, 6) is 1.54. The van der Waals surface area contributed by atoms with Crippen LogP contribution >= 0.6 is 0 Å². The highest BCUT2D eigenvalue weighted by atomic mass is 16.4. The van der Waals surface area contributed by atoms with Gasteiger partial charge < -0.3 is 24.9 Å². The summed E-state index contributed by atoms with van der Waals surface area (Å²) in [6.45, 7) is 4.38. The molecule has 2 aliphatic rings. The van der Waals surface area contributed by atoms with Gasteiger partial charge in [-0.05, 0) is 31.4 Å². The number of nitrogens with two attached hydrogens (primary N) is 1. The summed E-state index contributed by atoms with van der Waals surface area (Å²) < 4.78 is 5.81. The van der Waals surface area contributed by atoms with Crippen molar-refractivity contribution in [2.45, 2.75) is 19.3 Å². The minimum atomic E-state index is 0.146. The summed E-state index contributed by atoms with van der Waals surface area (Å²) in [6, 6.07) is 9.68. The quantitative estimate of drug-likeness (QED) is 0.668. The largest absolute Gasteiger partial charge is 0.414 e. The van der Waals surface area contributed by atoms with Crippen LogP contribution in [0.25, 0.3) is 23.0 Å². The van der Waals surface area contributed by atoms with Crippen LogP contribution in [-0.2, 0) is 0 Å². The molecule has 32 heavy (non-hydrogen) atoms. The lowest BCUT2D eigenvalue weighted by atomic mass is 10.1. The summed E-state index contributed by atoms with van der Waals surface area (Å²) in [4.78, 5) is 27.7. The summed E-state index contributed by atoms with van der Waals surface area (Å²) in [5.41, 5.74) is 7.25. The normalized spacial score (nSPS) is 16.9. The first-order valence-electron chi connectivity index (χ1n) is 11.0. The number of aromatic nitrogens is 4. The van der Waals surface area contributed by atoms with Crippen molar-refractivity contribution in [1.29, 1.82) is 0 Å². The predicted molar refractivity (Wildman–Crippen MR) is 120 cm³/mol. The third-order valence-electron chi connectivity index (χ3n) is 5.94. The number of rotatable bonds is 3. The van der Waals surface area contributed by atoms with Gasteiger partial charge in [0, 0.05) is 44.8 Å². The molecule has 5 rings (SSSR count). The van der Waals surface area contributed by atoms with Crippen molar-refractivity contribution in [3.63, 3.8) is 0 Å². The molecule has 1 aromatic carbocycles. The van der Waals surface area contributed by atoms with E-state index in [1.807, 2.05) is 40.1 Å². The van der Waals surface area contributed by atoms with Crippen LogP contribution in [0.15, 0.2) is 40.9 Å². The van der Waals surface area contributed by atoms with Crippen molar-refractivity contribution in [3.05, 3.63) is 36.5 Å². The first-order chi connectivity index (χ1) is 15.7. The molecule has 0 atom stereocenters. The number of likely N-dealkylation sites (tertiary alicyclic amines) is 1. The SMILES string of the molecule is Nc1ncc(N2CCN(C(=O)N3CCCCC3)CC2)nc1-c1nnc(-c2ccccc2)o1. The van der Waals surface area contributed by atoms with E-state index >= 15 is 0 Å². The number of benzene rings is 1. The molecule has 2 aliphatic heterocycles. The highest BCUT2D eigenvalue weighted by molar-refractivity contribution is 5.75. The maximum atomic E-state index is 12.8. The molecular formula is C22H26N8O2. The number of hydrogen-bond acceptors (Lipinski definition) is 8. The predicted octanol–water partition coefficient (Wildman–Crippen LogP) is 2.50. The Labute approximate surface area is 186 Å². The van der Waals surface area contributed by atoms with Gasteiger partial charge in [0.1, 0.15) is 5.82 Å². The number of hydrogen-bond donors (Lipinski definition) is 1. The minimum Gasteiger partial charge on any atom is -0.414 e. The smallest absolute Gasteiger partial charge is 0.320 e. The maximum Gasteiger partial charge on any atom is 0.320 e. The third-order valence-corrected chi connectivity index (χ3v) is 5.94. The van der Waals surface area contributed by atoms with Gasteiger partial charge >= 0.3 is 6.03 Å². The van der Waals surface area contributed by atoms with Crippen molar-refractivity contribution in [3.8, 4) is 23.0 Å². The zero-order valence-corrected chi connectivity index (χ0v) is 17.9. The molecule has 10 nitrogen and oxygen atoms in total. The van der Waals surface area contributed by atoms with E-state index in [9.17, 15) is 4.79 Å². The average Bonchev–Trinajstić information content (AvgIpc) is 3.35. The fourth-order valence-corrected chi connectivity index (χ4v) is 4.13. The molecule has 2 amide bonds. The van der Waals surface area contributed by atoms with Crippen LogP contribution in [0.2, 0.25) is 0 Å². The van der Waals surface area contributed by atoms with E-state index in [4.69, 9.17) is 10.2 Å². The van der Waals surface area contributed by atoms with Crippen molar-refractivity contribution >= 4 is 17.7 Å². The molecule has 3 aromatic rings. The van der Waals surface area contributed by atoms with E-state index < -0.39 is 0 Å². The first-order valence-corrected chi connectivity index (χ1v) is 11.0. The summed E-state index contributed by atoms with van der Waals surface area (Å²) in [5, 5.41) is 8.24. The van der Waals surface area contributed by atoms with E-state index in [1.54, 1.807) is 6.20 Å². The lowest BCUT2D eigenvalue weighted by Crippen LogP contribution is -2.53. The number of nitrogen functional groups attached to an aromatic ring is 1. The molecular weight excluding hydrogens is 408 g/mol. The van der Waals surface area contributed by atoms with Crippen LogP contribution in [0.1, 0.15) is 19.3 Å². The molecule has 4 heterocycles. The second-order valence-electron chi connectivity index (χ2n) is 8.04. The number of amides is 2. The zero-order chi connectivity index (χ0) is 21.9. The topological polar surface area (TPSA) is 118 Å². The average molecular weight is 435 g/mol. The third kappa shape index (κ3) is 4.08. The Morgan fingerprint density at radius 1 is 0.875 bits per heavy atom. The van der Waals surface area contributed by atoms with Crippen LogP contribution in [0.3, 0.4) is 0 Å². The molecule has 166 valence electrons. The Morgan fingerprint density at radius 2 is 1.56 bits per heavy atom. The summed E-state index contributed by atoms with van der Waals surface area (Å²) in [7, 11) is 0. The van der Waals surface area contributed by atoms with Gasteiger partial charge in [0.05, 0.1) is 6.20 Å². The molecule has 0 spiro atoms. The Morgan fingerprint density at radius 3 is 2.31 bits per heavy atom. The summed E-state index contributed by atoms with van der Waals surface area (Å²) >= 11 is 0. The molecule has 2 fully saturated rings. The van der Waals surface area contributed by atoms with Crippen molar-refractivity contribution in [1.82, 2.24) is 30.0 Å².